The summed E-state index contributed by atoms with van der Waals surface area (Å²) >= 11 is 0. The fourth-order valence-corrected chi connectivity index (χ4v) is 9.55. The Bertz CT molecular complexity index is 2530. The minimum absolute atomic E-state index is 0.0388. The van der Waals surface area contributed by atoms with Crippen molar-refractivity contribution in [3.8, 4) is 0 Å². The highest BCUT2D eigenvalue weighted by molar-refractivity contribution is 6.10. The monoisotopic (exact) mass is 726 g/mol. The van der Waals surface area contributed by atoms with Gasteiger partial charge in [0.1, 0.15) is 0 Å². The second kappa shape index (κ2) is 15.6. The maximum Gasteiger partial charge on any atom is 0.193 e. The predicted octanol–water partition coefficient (Wildman–Crippen LogP) is 14.2. The van der Waals surface area contributed by atoms with Crippen LogP contribution in [0.3, 0.4) is 0 Å². The average Bonchev–Trinajstić information content (AvgIpc) is 3.39. The molecule has 1 spiro atoms. The third kappa shape index (κ3) is 6.16. The standard InChI is InChI=1S/C55H50O/c1-6-8-12-23-40-24-14-9-13-22-37(3)43-33-31-41(35-50(43)46-26-16-10-15-25-44(46)38(40)4)54(56)42-32-34-49-45(21-7-2)39(5)55(53(49)36-42)51-29-18-11-17-27-47(51)48-28-19-20-30-52(48)55/h6-7,9-23,26,28-37H,1,8,24-25,27H2,2-5H3/b14-9-,21-7-,22-13-,23-12-,40-38-. The van der Waals surface area contributed by atoms with Gasteiger partial charge in [-0.15, -0.1) is 6.58 Å². The minimum Gasteiger partial charge on any atom is -0.289 e. The van der Waals surface area contributed by atoms with Gasteiger partial charge in [-0.2, -0.15) is 0 Å². The van der Waals surface area contributed by atoms with E-state index in [1.54, 1.807) is 0 Å². The number of allylic oxidation sites excluding steroid dienone is 25. The van der Waals surface area contributed by atoms with Gasteiger partial charge in [0.15, 0.2) is 5.78 Å². The highest BCUT2D eigenvalue weighted by atomic mass is 16.1. The van der Waals surface area contributed by atoms with E-state index in [0.717, 1.165) is 31.2 Å². The van der Waals surface area contributed by atoms with Gasteiger partial charge in [0.25, 0.3) is 0 Å². The molecule has 1 nitrogen and oxygen atoms in total. The summed E-state index contributed by atoms with van der Waals surface area (Å²) in [6.07, 6.45) is 40.6. The molecule has 0 fully saturated rings. The number of rotatable bonds is 6. The Morgan fingerprint density at radius 2 is 1.50 bits per heavy atom. The van der Waals surface area contributed by atoms with Crippen molar-refractivity contribution in [1.82, 2.24) is 0 Å². The van der Waals surface area contributed by atoms with Crippen LogP contribution in [0, 0.1) is 0 Å². The molecule has 5 aliphatic carbocycles. The fraction of sp³-hybridized carbons (Fsp3) is 0.182. The lowest BCUT2D eigenvalue weighted by Crippen LogP contribution is -2.27. The van der Waals surface area contributed by atoms with Crippen LogP contribution in [0.4, 0.5) is 0 Å². The molecule has 0 saturated carbocycles. The van der Waals surface area contributed by atoms with Gasteiger partial charge in [0, 0.05) is 11.1 Å². The summed E-state index contributed by atoms with van der Waals surface area (Å²) in [6, 6.07) is 21.7. The van der Waals surface area contributed by atoms with Gasteiger partial charge >= 0.3 is 0 Å². The zero-order valence-corrected chi connectivity index (χ0v) is 33.1. The molecule has 1 heteroatoms. The van der Waals surface area contributed by atoms with Crippen molar-refractivity contribution in [3.63, 3.8) is 0 Å². The molecule has 0 aromatic heterocycles. The molecule has 0 radical (unpaired) electrons. The lowest BCUT2D eigenvalue weighted by Gasteiger charge is -2.32. The second-order valence-corrected chi connectivity index (χ2v) is 15.4. The van der Waals surface area contributed by atoms with Gasteiger partial charge in [-0.25, -0.2) is 0 Å². The largest absolute Gasteiger partial charge is 0.289 e. The number of hydrogen-bond acceptors (Lipinski definition) is 1. The SMILES string of the molecule is C=CC/C=C\C1=C(/C)C2=C(C=CC=CC2)c2cc(C(=O)c3ccc4c(c3)C3(C(C)=C4/C=C\C)C4=C(CC=CC=C4)c4ccccc43)ccc2C(C)/C=C\C=C/C1. The molecule has 2 atom stereocenters. The van der Waals surface area contributed by atoms with Crippen LogP contribution in [0.15, 0.2) is 198 Å². The molecular weight excluding hydrogens is 677 g/mol. The molecule has 276 valence electrons. The highest BCUT2D eigenvalue weighted by Gasteiger charge is 2.51. The molecule has 0 heterocycles. The van der Waals surface area contributed by atoms with Crippen LogP contribution in [-0.2, 0) is 5.41 Å². The van der Waals surface area contributed by atoms with Gasteiger partial charge in [-0.1, -0.05) is 159 Å². The summed E-state index contributed by atoms with van der Waals surface area (Å²) in [4.78, 5) is 15.0. The summed E-state index contributed by atoms with van der Waals surface area (Å²) in [5, 5.41) is 0. The van der Waals surface area contributed by atoms with Crippen molar-refractivity contribution >= 4 is 22.5 Å². The van der Waals surface area contributed by atoms with Crippen LogP contribution >= 0.6 is 0 Å². The molecular formula is C55H50O. The van der Waals surface area contributed by atoms with E-state index in [4.69, 9.17) is 0 Å². The van der Waals surface area contributed by atoms with E-state index in [-0.39, 0.29) is 11.7 Å². The fourth-order valence-electron chi connectivity index (χ4n) is 9.55. The van der Waals surface area contributed by atoms with Gasteiger partial charge < -0.3 is 0 Å². The zero-order chi connectivity index (χ0) is 38.8. The third-order valence-corrected chi connectivity index (χ3v) is 12.3. The Morgan fingerprint density at radius 1 is 0.768 bits per heavy atom. The van der Waals surface area contributed by atoms with Crippen molar-refractivity contribution < 1.29 is 4.79 Å². The molecule has 0 saturated heterocycles. The van der Waals surface area contributed by atoms with Crippen molar-refractivity contribution in [2.24, 2.45) is 0 Å². The maximum absolute atomic E-state index is 15.0. The molecule has 2 unspecified atom stereocenters. The maximum atomic E-state index is 15.0. The van der Waals surface area contributed by atoms with Gasteiger partial charge in [-0.05, 0) is 142 Å². The van der Waals surface area contributed by atoms with Crippen LogP contribution < -0.4 is 0 Å². The first kappa shape index (κ1) is 36.9. The summed E-state index contributed by atoms with van der Waals surface area (Å²) in [5.41, 5.74) is 18.5. The first-order chi connectivity index (χ1) is 27.4. The zero-order valence-electron chi connectivity index (χ0n) is 33.1. The van der Waals surface area contributed by atoms with E-state index < -0.39 is 5.41 Å². The summed E-state index contributed by atoms with van der Waals surface area (Å²) < 4.78 is 0. The van der Waals surface area contributed by atoms with Gasteiger partial charge in [0.2, 0.25) is 0 Å². The third-order valence-electron chi connectivity index (χ3n) is 12.3. The normalized spacial score (nSPS) is 23.8. The second-order valence-electron chi connectivity index (χ2n) is 15.4. The van der Waals surface area contributed by atoms with Crippen LogP contribution in [0.5, 0.6) is 0 Å². The molecule has 3 aromatic carbocycles. The number of carbonyl (C=O) groups excluding carboxylic acids is 1. The van der Waals surface area contributed by atoms with Crippen LogP contribution in [-0.4, -0.2) is 5.78 Å². The smallest absolute Gasteiger partial charge is 0.193 e. The van der Waals surface area contributed by atoms with Crippen molar-refractivity contribution in [3.05, 3.63) is 243 Å². The van der Waals surface area contributed by atoms with Crippen molar-refractivity contribution in [2.75, 3.05) is 0 Å². The Morgan fingerprint density at radius 3 is 2.32 bits per heavy atom. The molecule has 0 N–H and O–H groups in total. The van der Waals surface area contributed by atoms with Gasteiger partial charge in [-0.3, -0.25) is 4.79 Å². The Hall–Kier alpha value is -6.05. The Kier molecular flexibility index (Phi) is 10.3. The number of fused-ring (bicyclic) bond motifs is 8. The number of carbonyl (C=O) groups is 1. The van der Waals surface area contributed by atoms with Crippen LogP contribution in [0.2, 0.25) is 0 Å². The van der Waals surface area contributed by atoms with Crippen molar-refractivity contribution in [1.29, 1.82) is 0 Å². The van der Waals surface area contributed by atoms with E-state index in [0.29, 0.717) is 11.1 Å². The predicted molar refractivity (Wildman–Crippen MR) is 239 cm³/mol. The minimum atomic E-state index is -0.468. The van der Waals surface area contributed by atoms with E-state index in [9.17, 15) is 4.79 Å². The van der Waals surface area contributed by atoms with Crippen LogP contribution in [0.1, 0.15) is 109 Å². The molecule has 0 aliphatic heterocycles. The van der Waals surface area contributed by atoms with Crippen molar-refractivity contribution in [2.45, 2.75) is 64.7 Å². The first-order valence-corrected chi connectivity index (χ1v) is 20.1. The average molecular weight is 727 g/mol. The topological polar surface area (TPSA) is 17.1 Å². The number of benzene rings is 3. The number of hydrogen-bond donors (Lipinski definition) is 0. The lowest BCUT2D eigenvalue weighted by molar-refractivity contribution is 0.103. The lowest BCUT2D eigenvalue weighted by atomic mass is 9.68. The summed E-state index contributed by atoms with van der Waals surface area (Å²) in [5.74, 6) is 0.190. The summed E-state index contributed by atoms with van der Waals surface area (Å²) in [6.45, 7) is 12.8. The Balaban J connectivity index is 1.31. The summed E-state index contributed by atoms with van der Waals surface area (Å²) in [7, 11) is 0. The van der Waals surface area contributed by atoms with Gasteiger partial charge in [0.05, 0.1) is 5.41 Å². The van der Waals surface area contributed by atoms with E-state index in [1.807, 2.05) is 18.2 Å². The quantitative estimate of drug-likeness (QED) is 0.183. The molecule has 56 heavy (non-hydrogen) atoms. The molecule has 0 bridgehead atoms. The molecule has 0 amide bonds. The van der Waals surface area contributed by atoms with E-state index in [2.05, 4.69) is 180 Å². The molecule has 3 aromatic rings. The Labute approximate surface area is 333 Å². The van der Waals surface area contributed by atoms with E-state index >= 15 is 0 Å². The molecule has 8 rings (SSSR count). The number of ketones is 1. The first-order valence-electron chi connectivity index (χ1n) is 20.1. The highest BCUT2D eigenvalue weighted by Crippen LogP contribution is 2.62. The van der Waals surface area contributed by atoms with Crippen LogP contribution in [0.25, 0.3) is 16.7 Å². The van der Waals surface area contributed by atoms with E-state index in [1.165, 1.54) is 72.4 Å². The molecule has 5 aliphatic rings.